The number of urea groups is 1. The van der Waals surface area contributed by atoms with E-state index in [4.69, 9.17) is 4.74 Å². The van der Waals surface area contributed by atoms with Gasteiger partial charge < -0.3 is 25.4 Å². The van der Waals surface area contributed by atoms with E-state index in [1.54, 1.807) is 18.2 Å². The fourth-order valence-corrected chi connectivity index (χ4v) is 5.59. The number of rotatable bonds is 9. The second kappa shape index (κ2) is 13.0. The molecule has 0 spiro atoms. The summed E-state index contributed by atoms with van der Waals surface area (Å²) in [5.74, 6) is -2.19. The predicted octanol–water partition coefficient (Wildman–Crippen LogP) is 5.18. The molecule has 5 rings (SSSR count). The number of carboxylic acids is 1. The van der Waals surface area contributed by atoms with Crippen LogP contribution in [0.3, 0.4) is 0 Å². The van der Waals surface area contributed by atoms with E-state index in [0.29, 0.717) is 12.1 Å². The van der Waals surface area contributed by atoms with Crippen LogP contribution < -0.4 is 10.6 Å². The number of carbonyl (C=O) groups is 4. The Hall–Kier alpha value is -5.44. The summed E-state index contributed by atoms with van der Waals surface area (Å²) in [6.07, 6.45) is 0.660. The summed E-state index contributed by atoms with van der Waals surface area (Å²) in [4.78, 5) is 52.9. The number of anilines is 1. The summed E-state index contributed by atoms with van der Waals surface area (Å²) in [6.45, 7) is -0.322. The van der Waals surface area contributed by atoms with E-state index in [0.717, 1.165) is 16.7 Å². The number of nitrogens with zero attached hydrogens (tertiary/aromatic N) is 1. The molecule has 1 aliphatic heterocycles. The molecule has 1 heterocycles. The summed E-state index contributed by atoms with van der Waals surface area (Å²) in [5.41, 5.74) is 1.99. The van der Waals surface area contributed by atoms with Gasteiger partial charge in [-0.25, -0.2) is 14.4 Å². The van der Waals surface area contributed by atoms with E-state index in [9.17, 15) is 24.3 Å². The molecule has 43 heavy (non-hydrogen) atoms. The van der Waals surface area contributed by atoms with Gasteiger partial charge in [-0.2, -0.15) is 0 Å². The standard InChI is InChI=1S/C34H31N3O6/c38-30(22-35-33(42)36-28-18-10-13-25(21-28)32(41)43-23-24-11-4-1-5-12-24)37-29(31(39)40)19-20-34(37,26-14-6-2-7-15-26)27-16-8-3-9-17-27/h1-18,21,29H,19-20,22-23H2,(H,39,40)(H2,35,36,42)/t29-/m0/s1. The molecule has 0 aliphatic carbocycles. The van der Waals surface area contributed by atoms with Crippen molar-refractivity contribution < 1.29 is 29.0 Å². The average Bonchev–Trinajstić information content (AvgIpc) is 3.46. The van der Waals surface area contributed by atoms with Gasteiger partial charge in [0.25, 0.3) is 0 Å². The molecule has 0 radical (unpaired) electrons. The Morgan fingerprint density at radius 2 is 1.42 bits per heavy atom. The predicted molar refractivity (Wildman–Crippen MR) is 160 cm³/mol. The zero-order valence-electron chi connectivity index (χ0n) is 23.3. The number of ether oxygens (including phenoxy) is 1. The Labute approximate surface area is 249 Å². The fourth-order valence-electron chi connectivity index (χ4n) is 5.59. The highest BCUT2D eigenvalue weighted by molar-refractivity contribution is 5.96. The third-order valence-corrected chi connectivity index (χ3v) is 7.53. The molecule has 4 aromatic rings. The van der Waals surface area contributed by atoms with Gasteiger partial charge in [0.15, 0.2) is 0 Å². The zero-order chi connectivity index (χ0) is 30.2. The van der Waals surface area contributed by atoms with Gasteiger partial charge in [-0.15, -0.1) is 0 Å². The maximum atomic E-state index is 13.8. The van der Waals surface area contributed by atoms with Gasteiger partial charge in [0.2, 0.25) is 5.91 Å². The van der Waals surface area contributed by atoms with Crippen molar-refractivity contribution in [2.45, 2.75) is 31.0 Å². The molecule has 3 N–H and O–H groups in total. The van der Waals surface area contributed by atoms with Crippen molar-refractivity contribution in [3.63, 3.8) is 0 Å². The van der Waals surface area contributed by atoms with Gasteiger partial charge in [0.05, 0.1) is 17.6 Å². The van der Waals surface area contributed by atoms with Crippen LogP contribution in [0.2, 0.25) is 0 Å². The van der Waals surface area contributed by atoms with Crippen LogP contribution in [0.1, 0.15) is 39.9 Å². The molecule has 1 saturated heterocycles. The van der Waals surface area contributed by atoms with Gasteiger partial charge in [0.1, 0.15) is 12.6 Å². The van der Waals surface area contributed by atoms with Crippen LogP contribution in [0, 0.1) is 0 Å². The van der Waals surface area contributed by atoms with E-state index in [1.165, 1.54) is 11.0 Å². The minimum absolute atomic E-state index is 0.112. The number of carboxylic acid groups (broad SMARTS) is 1. The number of hydrogen-bond acceptors (Lipinski definition) is 5. The first-order valence-electron chi connectivity index (χ1n) is 13.9. The molecule has 0 aromatic heterocycles. The van der Waals surface area contributed by atoms with Gasteiger partial charge in [-0.3, -0.25) is 4.79 Å². The number of esters is 1. The molecule has 0 bridgehead atoms. The largest absolute Gasteiger partial charge is 0.480 e. The number of benzene rings is 4. The Balaban J connectivity index is 1.29. The Morgan fingerprint density at radius 3 is 2.02 bits per heavy atom. The van der Waals surface area contributed by atoms with Crippen molar-refractivity contribution in [1.29, 1.82) is 0 Å². The third kappa shape index (κ3) is 6.41. The molecule has 1 aliphatic rings. The quantitative estimate of drug-likeness (QED) is 0.235. The number of nitrogens with one attached hydrogen (secondary N) is 2. The number of amides is 3. The van der Waals surface area contributed by atoms with Gasteiger partial charge in [-0.05, 0) is 47.7 Å². The molecular weight excluding hydrogens is 546 g/mol. The van der Waals surface area contributed by atoms with E-state index in [-0.39, 0.29) is 18.6 Å². The molecule has 0 saturated carbocycles. The smallest absolute Gasteiger partial charge is 0.338 e. The Bertz CT molecular complexity index is 1550. The van der Waals surface area contributed by atoms with Crippen molar-refractivity contribution in [2.24, 2.45) is 0 Å². The van der Waals surface area contributed by atoms with Gasteiger partial charge >= 0.3 is 18.0 Å². The number of aliphatic carboxylic acids is 1. The lowest BCUT2D eigenvalue weighted by molar-refractivity contribution is -0.151. The second-order valence-corrected chi connectivity index (χ2v) is 10.2. The Morgan fingerprint density at radius 1 is 0.814 bits per heavy atom. The molecule has 1 atom stereocenters. The molecule has 1 fully saturated rings. The van der Waals surface area contributed by atoms with Crippen LogP contribution in [0.25, 0.3) is 0 Å². The van der Waals surface area contributed by atoms with Crippen LogP contribution in [0.5, 0.6) is 0 Å². The molecular formula is C34H31N3O6. The first-order chi connectivity index (χ1) is 20.9. The van der Waals surface area contributed by atoms with Crippen LogP contribution in [0.15, 0.2) is 115 Å². The third-order valence-electron chi connectivity index (χ3n) is 7.53. The fraction of sp³-hybridized carbons (Fsp3) is 0.176. The number of carbonyl (C=O) groups excluding carboxylic acids is 3. The number of hydrogen-bond donors (Lipinski definition) is 3. The minimum Gasteiger partial charge on any atom is -0.480 e. The van der Waals surface area contributed by atoms with Crippen LogP contribution >= 0.6 is 0 Å². The highest BCUT2D eigenvalue weighted by atomic mass is 16.5. The van der Waals surface area contributed by atoms with E-state index >= 15 is 0 Å². The van der Waals surface area contributed by atoms with Crippen molar-refractivity contribution >= 4 is 29.6 Å². The van der Waals surface area contributed by atoms with E-state index in [1.807, 2.05) is 91.0 Å². The normalized spacial score (nSPS) is 15.3. The van der Waals surface area contributed by atoms with Crippen LogP contribution in [-0.4, -0.2) is 46.5 Å². The van der Waals surface area contributed by atoms with Gasteiger partial charge in [-0.1, -0.05) is 97.1 Å². The molecule has 4 aromatic carbocycles. The van der Waals surface area contributed by atoms with Gasteiger partial charge in [0, 0.05) is 5.69 Å². The Kier molecular flexibility index (Phi) is 8.81. The topological polar surface area (TPSA) is 125 Å². The van der Waals surface area contributed by atoms with Crippen LogP contribution in [0.4, 0.5) is 10.5 Å². The SMILES string of the molecule is O=C(NCC(=O)N1[C@H](C(=O)O)CCC1(c1ccccc1)c1ccccc1)Nc1cccc(C(=O)OCc2ccccc2)c1. The lowest BCUT2D eigenvalue weighted by Gasteiger charge is -2.41. The number of likely N-dealkylation sites (tertiary alicyclic amines) is 1. The molecule has 9 nitrogen and oxygen atoms in total. The molecule has 9 heteroatoms. The van der Waals surface area contributed by atoms with Crippen molar-refractivity contribution in [2.75, 3.05) is 11.9 Å². The zero-order valence-corrected chi connectivity index (χ0v) is 23.3. The molecule has 0 unspecified atom stereocenters. The van der Waals surface area contributed by atoms with Crippen molar-refractivity contribution in [3.05, 3.63) is 138 Å². The maximum Gasteiger partial charge on any atom is 0.338 e. The summed E-state index contributed by atoms with van der Waals surface area (Å²) in [6, 6.07) is 32.5. The van der Waals surface area contributed by atoms with Crippen molar-refractivity contribution in [3.8, 4) is 0 Å². The average molecular weight is 578 g/mol. The maximum absolute atomic E-state index is 13.8. The summed E-state index contributed by atoms with van der Waals surface area (Å²) >= 11 is 0. The first-order valence-corrected chi connectivity index (χ1v) is 13.9. The monoisotopic (exact) mass is 577 g/mol. The summed E-state index contributed by atoms with van der Waals surface area (Å²) in [7, 11) is 0. The van der Waals surface area contributed by atoms with E-state index < -0.39 is 42.0 Å². The molecule has 3 amide bonds. The first kappa shape index (κ1) is 29.1. The summed E-state index contributed by atoms with van der Waals surface area (Å²) < 4.78 is 5.37. The highest BCUT2D eigenvalue weighted by Gasteiger charge is 2.53. The molecule has 218 valence electrons. The lowest BCUT2D eigenvalue weighted by atomic mass is 9.80. The van der Waals surface area contributed by atoms with E-state index in [2.05, 4.69) is 10.6 Å². The summed E-state index contributed by atoms with van der Waals surface area (Å²) in [5, 5.41) is 15.3. The highest BCUT2D eigenvalue weighted by Crippen LogP contribution is 2.47. The van der Waals surface area contributed by atoms with Crippen LogP contribution in [-0.2, 0) is 26.5 Å². The lowest BCUT2D eigenvalue weighted by Crippen LogP contribution is -2.54. The van der Waals surface area contributed by atoms with Crippen molar-refractivity contribution in [1.82, 2.24) is 10.2 Å². The minimum atomic E-state index is -1.11. The second-order valence-electron chi connectivity index (χ2n) is 10.2.